The zero-order valence-corrected chi connectivity index (χ0v) is 8.57. The average molecular weight is 237 g/mol. The van der Waals surface area contributed by atoms with E-state index in [4.69, 9.17) is 5.11 Å². The first-order valence-electron chi connectivity index (χ1n) is 4.64. The molecule has 1 unspecified atom stereocenters. The van der Waals surface area contributed by atoms with Crippen LogP contribution < -0.4 is 5.32 Å². The molecule has 5 atom stereocenters. The number of nitrogens with one attached hydrogen (secondary N) is 1. The predicted molar refractivity (Wildman–Crippen MR) is 48.7 cm³/mol. The lowest BCUT2D eigenvalue weighted by atomic mass is 9.93. The van der Waals surface area contributed by atoms with Gasteiger partial charge in [-0.25, -0.2) is 0 Å². The van der Waals surface area contributed by atoms with Gasteiger partial charge in [-0.3, -0.25) is 4.79 Å². The first-order chi connectivity index (χ1) is 7.32. The van der Waals surface area contributed by atoms with Crippen molar-refractivity contribution in [2.24, 2.45) is 0 Å². The summed E-state index contributed by atoms with van der Waals surface area (Å²) >= 11 is 0. The molecule has 0 radical (unpaired) electrons. The molecule has 6 N–H and O–H groups in total. The Balaban J connectivity index is 2.90. The van der Waals surface area contributed by atoms with Gasteiger partial charge >= 0.3 is 0 Å². The van der Waals surface area contributed by atoms with Crippen LogP contribution in [0.4, 0.5) is 0 Å². The molecule has 0 aromatic rings. The highest BCUT2D eigenvalue weighted by Crippen LogP contribution is 2.26. The molecule has 0 saturated carbocycles. The van der Waals surface area contributed by atoms with Crippen molar-refractivity contribution in [1.82, 2.24) is 5.32 Å². The number of rotatable bonds is 2. The summed E-state index contributed by atoms with van der Waals surface area (Å²) in [5, 5.41) is 48.8. The maximum Gasteiger partial charge on any atom is 0.219 e. The number of hydrogen-bond acceptors (Lipinski definition) is 7. The van der Waals surface area contributed by atoms with Gasteiger partial charge in [0.1, 0.15) is 18.3 Å². The summed E-state index contributed by atoms with van der Waals surface area (Å²) in [6.07, 6.45) is -6.70. The second-order valence-electron chi connectivity index (χ2n) is 3.65. The highest BCUT2D eigenvalue weighted by molar-refractivity contribution is 5.73. The van der Waals surface area contributed by atoms with E-state index in [0.29, 0.717) is 0 Å². The van der Waals surface area contributed by atoms with Crippen molar-refractivity contribution in [2.75, 3.05) is 6.61 Å². The number of carbonyl (C=O) groups is 1. The lowest BCUT2D eigenvalue weighted by Gasteiger charge is -2.45. The zero-order valence-electron chi connectivity index (χ0n) is 8.57. The van der Waals surface area contributed by atoms with E-state index in [2.05, 4.69) is 4.74 Å². The Bertz CT molecular complexity index is 273. The third-order valence-electron chi connectivity index (χ3n) is 2.39. The van der Waals surface area contributed by atoms with Gasteiger partial charge in [-0.1, -0.05) is 0 Å². The molecule has 1 fully saturated rings. The molecule has 1 aliphatic rings. The van der Waals surface area contributed by atoms with Crippen molar-refractivity contribution >= 4 is 5.91 Å². The molecule has 1 aliphatic heterocycles. The van der Waals surface area contributed by atoms with Crippen LogP contribution in [0.1, 0.15) is 6.92 Å². The minimum Gasteiger partial charge on any atom is -0.394 e. The maximum absolute atomic E-state index is 10.8. The number of amides is 1. The van der Waals surface area contributed by atoms with Crippen LogP contribution in [-0.4, -0.2) is 68.4 Å². The van der Waals surface area contributed by atoms with Crippen LogP contribution in [0.2, 0.25) is 0 Å². The molecule has 8 heteroatoms. The predicted octanol–water partition coefficient (Wildman–Crippen LogP) is -3.76. The fraction of sp³-hybridized carbons (Fsp3) is 0.875. The average Bonchev–Trinajstić information content (AvgIpc) is 2.20. The zero-order chi connectivity index (χ0) is 12.5. The Morgan fingerprint density at radius 1 is 1.44 bits per heavy atom. The number of aliphatic hydroxyl groups excluding tert-OH is 4. The van der Waals surface area contributed by atoms with Crippen LogP contribution in [-0.2, 0) is 9.53 Å². The fourth-order valence-corrected chi connectivity index (χ4v) is 1.53. The number of ether oxygens (including phenoxy) is 1. The standard InChI is InChI=1S/C8H15NO7/c1-3(11)9-8(15)6(13)5(12)4(2-10)16-7(8)14/h4-7,10,12-15H,2H2,1H3,(H,9,11)/t4-,5-,6+,7?,8+/m1/s1. The molecule has 0 aliphatic carbocycles. The van der Waals surface area contributed by atoms with Crippen molar-refractivity contribution in [2.45, 2.75) is 37.3 Å². The summed E-state index contributed by atoms with van der Waals surface area (Å²) in [4.78, 5) is 10.8. The van der Waals surface area contributed by atoms with Gasteiger partial charge in [-0.05, 0) is 0 Å². The number of aliphatic hydroxyl groups is 5. The van der Waals surface area contributed by atoms with E-state index in [-0.39, 0.29) is 0 Å². The minimum atomic E-state index is -2.50. The van der Waals surface area contributed by atoms with E-state index in [9.17, 15) is 25.2 Å². The van der Waals surface area contributed by atoms with Crippen LogP contribution >= 0.6 is 0 Å². The molecule has 0 bridgehead atoms. The van der Waals surface area contributed by atoms with Crippen molar-refractivity contribution in [3.05, 3.63) is 0 Å². The van der Waals surface area contributed by atoms with Gasteiger partial charge in [-0.15, -0.1) is 0 Å². The van der Waals surface area contributed by atoms with Crippen LogP contribution in [0.15, 0.2) is 0 Å². The summed E-state index contributed by atoms with van der Waals surface area (Å²) in [6.45, 7) is 0.410. The Morgan fingerprint density at radius 3 is 2.44 bits per heavy atom. The largest absolute Gasteiger partial charge is 0.394 e. The molecule has 8 nitrogen and oxygen atoms in total. The molecular formula is C8H15NO7. The van der Waals surface area contributed by atoms with Crippen molar-refractivity contribution in [3.8, 4) is 0 Å². The molecule has 1 rings (SSSR count). The molecule has 0 aromatic heterocycles. The van der Waals surface area contributed by atoms with Gasteiger partial charge in [0, 0.05) is 6.92 Å². The first-order valence-corrected chi connectivity index (χ1v) is 4.64. The van der Waals surface area contributed by atoms with Gasteiger partial charge < -0.3 is 35.6 Å². The molecular weight excluding hydrogens is 222 g/mol. The van der Waals surface area contributed by atoms with E-state index >= 15 is 0 Å². The molecule has 1 heterocycles. The second-order valence-corrected chi connectivity index (χ2v) is 3.65. The molecule has 0 aromatic carbocycles. The lowest BCUT2D eigenvalue weighted by molar-refractivity contribution is -0.335. The van der Waals surface area contributed by atoms with Crippen LogP contribution in [0.5, 0.6) is 0 Å². The summed E-state index contributed by atoms with van der Waals surface area (Å²) in [5.41, 5.74) is -2.50. The SMILES string of the molecule is CC(=O)N[C@@]1(O)C(O)O[C@H](CO)[C@@H](O)[C@@H]1O. The van der Waals surface area contributed by atoms with Gasteiger partial charge in [0.2, 0.25) is 17.9 Å². The maximum atomic E-state index is 10.8. The number of hydrogen-bond donors (Lipinski definition) is 6. The lowest BCUT2D eigenvalue weighted by Crippen LogP contribution is -2.73. The molecule has 16 heavy (non-hydrogen) atoms. The minimum absolute atomic E-state index is 0.647. The summed E-state index contributed by atoms with van der Waals surface area (Å²) in [6, 6.07) is 0. The van der Waals surface area contributed by atoms with Crippen LogP contribution in [0, 0.1) is 0 Å². The Kier molecular flexibility index (Phi) is 3.84. The van der Waals surface area contributed by atoms with E-state index in [0.717, 1.165) is 6.92 Å². The van der Waals surface area contributed by atoms with E-state index in [1.807, 2.05) is 5.32 Å². The van der Waals surface area contributed by atoms with Crippen LogP contribution in [0.25, 0.3) is 0 Å². The summed E-state index contributed by atoms with van der Waals surface area (Å²) in [7, 11) is 0. The summed E-state index contributed by atoms with van der Waals surface area (Å²) in [5.74, 6) is -0.723. The topological polar surface area (TPSA) is 139 Å². The third-order valence-corrected chi connectivity index (χ3v) is 2.39. The summed E-state index contributed by atoms with van der Waals surface area (Å²) < 4.78 is 4.67. The Hall–Kier alpha value is -0.770. The van der Waals surface area contributed by atoms with Crippen molar-refractivity contribution in [1.29, 1.82) is 0 Å². The molecule has 94 valence electrons. The van der Waals surface area contributed by atoms with E-state index in [1.165, 1.54) is 0 Å². The van der Waals surface area contributed by atoms with Crippen LogP contribution in [0.3, 0.4) is 0 Å². The Labute approximate surface area is 91.1 Å². The normalized spacial score (nSPS) is 44.1. The fourth-order valence-electron chi connectivity index (χ4n) is 1.53. The third kappa shape index (κ3) is 2.17. The smallest absolute Gasteiger partial charge is 0.219 e. The van der Waals surface area contributed by atoms with Crippen molar-refractivity contribution < 1.29 is 35.1 Å². The molecule has 1 amide bonds. The highest BCUT2D eigenvalue weighted by atomic mass is 16.6. The molecule has 0 spiro atoms. The monoisotopic (exact) mass is 237 g/mol. The molecule has 1 saturated heterocycles. The van der Waals surface area contributed by atoms with Gasteiger partial charge in [0.15, 0.2) is 0 Å². The number of carbonyl (C=O) groups excluding carboxylic acids is 1. The van der Waals surface area contributed by atoms with E-state index in [1.54, 1.807) is 0 Å². The first kappa shape index (κ1) is 13.3. The van der Waals surface area contributed by atoms with Gasteiger partial charge in [0.05, 0.1) is 6.61 Å². The van der Waals surface area contributed by atoms with Gasteiger partial charge in [0.25, 0.3) is 0 Å². The second kappa shape index (κ2) is 4.62. The highest BCUT2D eigenvalue weighted by Gasteiger charge is 2.55. The van der Waals surface area contributed by atoms with Gasteiger partial charge in [-0.2, -0.15) is 0 Å². The van der Waals surface area contributed by atoms with E-state index < -0.39 is 42.8 Å². The Morgan fingerprint density at radius 2 is 2.00 bits per heavy atom. The van der Waals surface area contributed by atoms with Crippen molar-refractivity contribution in [3.63, 3.8) is 0 Å². The quantitative estimate of drug-likeness (QED) is 0.271.